The fourth-order valence-corrected chi connectivity index (χ4v) is 3.75. The summed E-state index contributed by atoms with van der Waals surface area (Å²) in [5.41, 5.74) is 0. The molecule has 1 unspecified atom stereocenters. The Morgan fingerprint density at radius 1 is 1.07 bits per heavy atom. The number of rotatable bonds is 14. The standard InChI is InChI=1S/C22H46N4O.HI/c1-5-26(6-2)18-13-14-20(3)25-22(23-4)24-17-11-8-12-19-27-21-15-9-7-10-16-21;/h20-21H,5-19H2,1-4H3,(H2,23,24,25);1H. The van der Waals surface area contributed by atoms with Crippen molar-refractivity contribution in [1.29, 1.82) is 0 Å². The van der Waals surface area contributed by atoms with Gasteiger partial charge in [-0.05, 0) is 71.5 Å². The summed E-state index contributed by atoms with van der Waals surface area (Å²) in [6.07, 6.45) is 13.2. The predicted octanol–water partition coefficient (Wildman–Crippen LogP) is 4.80. The van der Waals surface area contributed by atoms with Crippen molar-refractivity contribution in [2.45, 2.75) is 97.1 Å². The number of ether oxygens (including phenoxy) is 1. The van der Waals surface area contributed by atoms with Crippen LogP contribution in [0.2, 0.25) is 0 Å². The van der Waals surface area contributed by atoms with Crippen molar-refractivity contribution in [3.8, 4) is 0 Å². The van der Waals surface area contributed by atoms with Gasteiger partial charge < -0.3 is 20.3 Å². The molecule has 0 aromatic rings. The monoisotopic (exact) mass is 510 g/mol. The molecule has 0 heterocycles. The van der Waals surface area contributed by atoms with E-state index in [0.29, 0.717) is 12.1 Å². The Kier molecular flexibility index (Phi) is 18.9. The maximum absolute atomic E-state index is 5.99. The van der Waals surface area contributed by atoms with Crippen molar-refractivity contribution < 1.29 is 4.74 Å². The van der Waals surface area contributed by atoms with E-state index in [1.807, 2.05) is 7.05 Å². The molecule has 2 N–H and O–H groups in total. The highest BCUT2D eigenvalue weighted by molar-refractivity contribution is 14.0. The molecule has 0 aromatic carbocycles. The maximum Gasteiger partial charge on any atom is 0.191 e. The Labute approximate surface area is 191 Å². The molecule has 1 aliphatic carbocycles. The van der Waals surface area contributed by atoms with Gasteiger partial charge >= 0.3 is 0 Å². The smallest absolute Gasteiger partial charge is 0.191 e. The van der Waals surface area contributed by atoms with Crippen LogP contribution < -0.4 is 10.6 Å². The zero-order valence-corrected chi connectivity index (χ0v) is 21.3. The maximum atomic E-state index is 5.99. The van der Waals surface area contributed by atoms with Crippen LogP contribution in [0.5, 0.6) is 0 Å². The van der Waals surface area contributed by atoms with E-state index in [9.17, 15) is 0 Å². The van der Waals surface area contributed by atoms with Gasteiger partial charge in [0.15, 0.2) is 5.96 Å². The van der Waals surface area contributed by atoms with Gasteiger partial charge in [-0.3, -0.25) is 4.99 Å². The van der Waals surface area contributed by atoms with Crippen LogP contribution in [0.1, 0.15) is 85.0 Å². The largest absolute Gasteiger partial charge is 0.378 e. The van der Waals surface area contributed by atoms with Crippen LogP contribution in [-0.2, 0) is 4.74 Å². The van der Waals surface area contributed by atoms with Gasteiger partial charge in [0.05, 0.1) is 6.10 Å². The van der Waals surface area contributed by atoms with Gasteiger partial charge in [-0.25, -0.2) is 0 Å². The van der Waals surface area contributed by atoms with Crippen LogP contribution in [0.3, 0.4) is 0 Å². The number of unbranched alkanes of at least 4 members (excludes halogenated alkanes) is 2. The van der Waals surface area contributed by atoms with Crippen molar-refractivity contribution in [2.75, 3.05) is 39.8 Å². The number of guanidine groups is 1. The number of nitrogens with zero attached hydrogens (tertiary/aromatic N) is 2. The molecule has 1 aliphatic rings. The van der Waals surface area contributed by atoms with Crippen molar-refractivity contribution in [3.63, 3.8) is 0 Å². The average molecular weight is 511 g/mol. The third-order valence-corrected chi connectivity index (χ3v) is 5.63. The van der Waals surface area contributed by atoms with Gasteiger partial charge in [0.2, 0.25) is 0 Å². The average Bonchev–Trinajstić information content (AvgIpc) is 2.70. The van der Waals surface area contributed by atoms with Gasteiger partial charge in [0, 0.05) is 26.2 Å². The third kappa shape index (κ3) is 14.0. The number of nitrogens with one attached hydrogen (secondary N) is 2. The van der Waals surface area contributed by atoms with E-state index in [0.717, 1.165) is 32.2 Å². The summed E-state index contributed by atoms with van der Waals surface area (Å²) in [5, 5.41) is 6.97. The summed E-state index contributed by atoms with van der Waals surface area (Å²) >= 11 is 0. The fraction of sp³-hybridized carbons (Fsp3) is 0.955. The molecule has 0 saturated heterocycles. The highest BCUT2D eigenvalue weighted by Gasteiger charge is 2.13. The lowest BCUT2D eigenvalue weighted by molar-refractivity contribution is 0.0264. The molecule has 0 aliphatic heterocycles. The first kappa shape index (κ1) is 27.9. The highest BCUT2D eigenvalue weighted by atomic mass is 127. The number of hydrogen-bond donors (Lipinski definition) is 2. The van der Waals surface area contributed by atoms with Gasteiger partial charge in [-0.15, -0.1) is 24.0 Å². The molecule has 5 nitrogen and oxygen atoms in total. The van der Waals surface area contributed by atoms with Crippen molar-refractivity contribution in [2.24, 2.45) is 4.99 Å². The molecule has 0 radical (unpaired) electrons. The van der Waals surface area contributed by atoms with Crippen molar-refractivity contribution >= 4 is 29.9 Å². The first-order valence-corrected chi connectivity index (χ1v) is 11.5. The van der Waals surface area contributed by atoms with Crippen LogP contribution in [0, 0.1) is 0 Å². The molecule has 0 amide bonds. The minimum atomic E-state index is 0. The Hall–Kier alpha value is -0.0800. The molecule has 1 saturated carbocycles. The first-order chi connectivity index (χ1) is 13.2. The molecule has 1 rings (SSSR count). The van der Waals surface area contributed by atoms with Crippen molar-refractivity contribution in [3.05, 3.63) is 0 Å². The Bertz CT molecular complexity index is 372. The number of halogens is 1. The molecule has 0 bridgehead atoms. The molecule has 0 spiro atoms. The van der Waals surface area contributed by atoms with E-state index < -0.39 is 0 Å². The van der Waals surface area contributed by atoms with Crippen LogP contribution in [0.25, 0.3) is 0 Å². The first-order valence-electron chi connectivity index (χ1n) is 11.5. The van der Waals surface area contributed by atoms with Gasteiger partial charge in [-0.1, -0.05) is 33.1 Å². The summed E-state index contributed by atoms with van der Waals surface area (Å²) in [6, 6.07) is 0.454. The van der Waals surface area contributed by atoms with Gasteiger partial charge in [0.25, 0.3) is 0 Å². The van der Waals surface area contributed by atoms with Crippen LogP contribution >= 0.6 is 24.0 Å². The normalized spacial score (nSPS) is 16.7. The Morgan fingerprint density at radius 3 is 2.43 bits per heavy atom. The van der Waals surface area contributed by atoms with E-state index in [1.165, 1.54) is 70.8 Å². The molecule has 28 heavy (non-hydrogen) atoms. The molecular weight excluding hydrogens is 463 g/mol. The number of hydrogen-bond acceptors (Lipinski definition) is 3. The zero-order valence-electron chi connectivity index (χ0n) is 19.0. The quantitative estimate of drug-likeness (QED) is 0.153. The van der Waals surface area contributed by atoms with Gasteiger partial charge in [0.1, 0.15) is 0 Å². The second-order valence-electron chi connectivity index (χ2n) is 7.90. The Balaban J connectivity index is 0.00000729. The fourth-order valence-electron chi connectivity index (χ4n) is 3.75. The van der Waals surface area contributed by atoms with E-state index in [2.05, 4.69) is 41.3 Å². The Morgan fingerprint density at radius 2 is 1.79 bits per heavy atom. The SMILES string of the molecule is CCN(CC)CCCC(C)NC(=NC)NCCCCCOC1CCCCC1.I. The topological polar surface area (TPSA) is 48.9 Å². The van der Waals surface area contributed by atoms with Gasteiger partial charge in [-0.2, -0.15) is 0 Å². The van der Waals surface area contributed by atoms with E-state index in [4.69, 9.17) is 4.74 Å². The lowest BCUT2D eigenvalue weighted by Crippen LogP contribution is -2.42. The lowest BCUT2D eigenvalue weighted by atomic mass is 9.98. The minimum Gasteiger partial charge on any atom is -0.378 e. The predicted molar refractivity (Wildman–Crippen MR) is 133 cm³/mol. The lowest BCUT2D eigenvalue weighted by Gasteiger charge is -2.22. The third-order valence-electron chi connectivity index (χ3n) is 5.63. The zero-order chi connectivity index (χ0) is 19.7. The molecule has 1 fully saturated rings. The summed E-state index contributed by atoms with van der Waals surface area (Å²) in [7, 11) is 1.86. The molecular formula is C22H47IN4O. The van der Waals surface area contributed by atoms with Crippen LogP contribution in [0.15, 0.2) is 4.99 Å². The second-order valence-corrected chi connectivity index (χ2v) is 7.90. The molecule has 6 heteroatoms. The minimum absolute atomic E-state index is 0. The summed E-state index contributed by atoms with van der Waals surface area (Å²) < 4.78 is 5.99. The van der Waals surface area contributed by atoms with E-state index >= 15 is 0 Å². The van der Waals surface area contributed by atoms with Crippen LogP contribution in [0.4, 0.5) is 0 Å². The molecule has 1 atom stereocenters. The highest BCUT2D eigenvalue weighted by Crippen LogP contribution is 2.20. The molecule has 0 aromatic heterocycles. The van der Waals surface area contributed by atoms with E-state index in [1.54, 1.807) is 0 Å². The molecule has 168 valence electrons. The van der Waals surface area contributed by atoms with E-state index in [-0.39, 0.29) is 24.0 Å². The summed E-state index contributed by atoms with van der Waals surface area (Å²) in [4.78, 5) is 6.84. The van der Waals surface area contributed by atoms with Crippen LogP contribution in [-0.4, -0.2) is 62.8 Å². The summed E-state index contributed by atoms with van der Waals surface area (Å²) in [6.45, 7) is 12.1. The summed E-state index contributed by atoms with van der Waals surface area (Å²) in [5.74, 6) is 0.934. The number of aliphatic imine (C=N–C) groups is 1. The van der Waals surface area contributed by atoms with Crippen molar-refractivity contribution in [1.82, 2.24) is 15.5 Å². The second kappa shape index (κ2) is 18.9.